The molecule has 5 rings (SSSR count). The average molecular weight is 464 g/mol. The van der Waals surface area contributed by atoms with Gasteiger partial charge in [0.05, 0.1) is 36.7 Å². The summed E-state index contributed by atoms with van der Waals surface area (Å²) in [5.41, 5.74) is 2.87. The van der Waals surface area contributed by atoms with Gasteiger partial charge < -0.3 is 25.0 Å². The molecule has 0 aromatic carbocycles. The molecule has 1 saturated heterocycles. The van der Waals surface area contributed by atoms with E-state index in [1.807, 2.05) is 30.1 Å². The van der Waals surface area contributed by atoms with Crippen LogP contribution in [0.5, 0.6) is 0 Å². The summed E-state index contributed by atoms with van der Waals surface area (Å²) in [7, 11) is 1.70. The molecule has 1 aliphatic heterocycles. The first-order valence-electron chi connectivity index (χ1n) is 11.9. The fourth-order valence-electron chi connectivity index (χ4n) is 4.71. The molecule has 9 heteroatoms. The minimum absolute atomic E-state index is 0.0746. The van der Waals surface area contributed by atoms with E-state index in [-0.39, 0.29) is 12.0 Å². The molecular formula is C25H33N7O2. The van der Waals surface area contributed by atoms with Gasteiger partial charge in [-0.1, -0.05) is 13.8 Å². The van der Waals surface area contributed by atoms with Gasteiger partial charge in [-0.25, -0.2) is 9.97 Å². The van der Waals surface area contributed by atoms with E-state index in [0.717, 1.165) is 52.1 Å². The summed E-state index contributed by atoms with van der Waals surface area (Å²) in [4.78, 5) is 15.2. The van der Waals surface area contributed by atoms with E-state index in [9.17, 15) is 5.11 Å². The molecule has 5 heterocycles. The molecule has 4 aromatic rings. The SMILES string of the molecule is COCCn1ncc2cc(-c3c[nH]c4ncccc34)nc(N3CCN[C@@H]([C@@](C)(O)C(C)C)C3)c21. The Morgan fingerprint density at radius 3 is 3.00 bits per heavy atom. The minimum Gasteiger partial charge on any atom is -0.388 e. The zero-order chi connectivity index (χ0) is 23.9. The van der Waals surface area contributed by atoms with Crippen LogP contribution in [0.1, 0.15) is 20.8 Å². The molecule has 0 spiro atoms. The third-order valence-corrected chi connectivity index (χ3v) is 7.18. The molecule has 4 aromatic heterocycles. The van der Waals surface area contributed by atoms with Gasteiger partial charge in [-0.3, -0.25) is 4.68 Å². The molecule has 9 nitrogen and oxygen atoms in total. The van der Waals surface area contributed by atoms with Gasteiger partial charge in [-0.2, -0.15) is 5.10 Å². The highest BCUT2D eigenvalue weighted by molar-refractivity contribution is 5.97. The number of methoxy groups -OCH3 is 1. The van der Waals surface area contributed by atoms with Gasteiger partial charge in [-0.15, -0.1) is 0 Å². The van der Waals surface area contributed by atoms with E-state index in [1.54, 1.807) is 13.3 Å². The molecule has 0 radical (unpaired) electrons. The van der Waals surface area contributed by atoms with Crippen molar-refractivity contribution in [3.05, 3.63) is 36.8 Å². The number of aromatic amines is 1. The Balaban J connectivity index is 1.63. The van der Waals surface area contributed by atoms with Crippen LogP contribution in [0.3, 0.4) is 0 Å². The molecule has 0 saturated carbocycles. The highest BCUT2D eigenvalue weighted by Gasteiger charge is 2.38. The number of fused-ring (bicyclic) bond motifs is 2. The zero-order valence-electron chi connectivity index (χ0n) is 20.2. The van der Waals surface area contributed by atoms with Gasteiger partial charge in [0.2, 0.25) is 0 Å². The minimum atomic E-state index is -0.839. The second-order valence-electron chi connectivity index (χ2n) is 9.56. The first-order chi connectivity index (χ1) is 16.4. The van der Waals surface area contributed by atoms with Crippen molar-refractivity contribution in [2.45, 2.75) is 39.0 Å². The van der Waals surface area contributed by atoms with Crippen LogP contribution < -0.4 is 10.2 Å². The summed E-state index contributed by atoms with van der Waals surface area (Å²) in [6, 6.07) is 6.02. The summed E-state index contributed by atoms with van der Waals surface area (Å²) >= 11 is 0. The van der Waals surface area contributed by atoms with E-state index in [2.05, 4.69) is 51.3 Å². The van der Waals surface area contributed by atoms with Crippen molar-refractivity contribution >= 4 is 27.8 Å². The number of nitrogens with one attached hydrogen (secondary N) is 2. The number of anilines is 1. The lowest BCUT2D eigenvalue weighted by molar-refractivity contribution is -0.0231. The maximum Gasteiger partial charge on any atom is 0.155 e. The number of ether oxygens (including phenoxy) is 1. The zero-order valence-corrected chi connectivity index (χ0v) is 20.2. The van der Waals surface area contributed by atoms with Gasteiger partial charge >= 0.3 is 0 Å². The van der Waals surface area contributed by atoms with Crippen LogP contribution in [0.2, 0.25) is 0 Å². The Hall–Kier alpha value is -3.01. The largest absolute Gasteiger partial charge is 0.388 e. The van der Waals surface area contributed by atoms with E-state index >= 15 is 0 Å². The number of pyridine rings is 2. The molecule has 1 fully saturated rings. The number of aliphatic hydroxyl groups is 1. The number of aromatic nitrogens is 5. The summed E-state index contributed by atoms with van der Waals surface area (Å²) < 4.78 is 7.29. The summed E-state index contributed by atoms with van der Waals surface area (Å²) in [6.45, 7) is 9.46. The molecule has 1 aliphatic rings. The molecule has 180 valence electrons. The Morgan fingerprint density at radius 1 is 1.35 bits per heavy atom. The van der Waals surface area contributed by atoms with Crippen molar-refractivity contribution in [3.63, 3.8) is 0 Å². The molecule has 3 N–H and O–H groups in total. The Bertz CT molecular complexity index is 1290. The van der Waals surface area contributed by atoms with Gasteiger partial charge in [0.1, 0.15) is 11.2 Å². The number of rotatable bonds is 7. The first-order valence-corrected chi connectivity index (χ1v) is 11.9. The highest BCUT2D eigenvalue weighted by atomic mass is 16.5. The van der Waals surface area contributed by atoms with Crippen molar-refractivity contribution in [2.24, 2.45) is 5.92 Å². The highest BCUT2D eigenvalue weighted by Crippen LogP contribution is 2.34. The number of piperazine rings is 1. The van der Waals surface area contributed by atoms with Crippen molar-refractivity contribution in [1.82, 2.24) is 30.0 Å². The van der Waals surface area contributed by atoms with Crippen molar-refractivity contribution in [2.75, 3.05) is 38.3 Å². The molecule has 34 heavy (non-hydrogen) atoms. The van der Waals surface area contributed by atoms with E-state index < -0.39 is 5.60 Å². The smallest absolute Gasteiger partial charge is 0.155 e. The van der Waals surface area contributed by atoms with Crippen molar-refractivity contribution in [3.8, 4) is 11.3 Å². The topological polar surface area (TPSA) is 104 Å². The van der Waals surface area contributed by atoms with E-state index in [0.29, 0.717) is 19.7 Å². The lowest BCUT2D eigenvalue weighted by atomic mass is 9.84. The second kappa shape index (κ2) is 8.98. The number of H-pyrrole nitrogens is 1. The van der Waals surface area contributed by atoms with Crippen molar-refractivity contribution in [1.29, 1.82) is 0 Å². The van der Waals surface area contributed by atoms with E-state index in [1.165, 1.54) is 0 Å². The van der Waals surface area contributed by atoms with Crippen molar-refractivity contribution < 1.29 is 9.84 Å². The third-order valence-electron chi connectivity index (χ3n) is 7.18. The van der Waals surface area contributed by atoms with Crippen LogP contribution in [0.4, 0.5) is 5.82 Å². The third kappa shape index (κ3) is 3.93. The molecule has 0 amide bonds. The number of hydrogen-bond acceptors (Lipinski definition) is 7. The fourth-order valence-corrected chi connectivity index (χ4v) is 4.71. The van der Waals surface area contributed by atoms with Crippen LogP contribution in [-0.4, -0.2) is 74.8 Å². The lowest BCUT2D eigenvalue weighted by Gasteiger charge is -2.43. The van der Waals surface area contributed by atoms with Crippen LogP contribution in [-0.2, 0) is 11.3 Å². The summed E-state index contributed by atoms with van der Waals surface area (Å²) in [5.74, 6) is 1.00. The fraction of sp³-hybridized carbons (Fsp3) is 0.480. The Kier molecular flexibility index (Phi) is 6.01. The van der Waals surface area contributed by atoms with Gasteiger partial charge in [0.15, 0.2) is 5.82 Å². The maximum absolute atomic E-state index is 11.2. The van der Waals surface area contributed by atoms with Gasteiger partial charge in [-0.05, 0) is 31.0 Å². The normalized spacial score (nSPS) is 18.8. The molecular weight excluding hydrogens is 430 g/mol. The average Bonchev–Trinajstić information content (AvgIpc) is 3.46. The second-order valence-corrected chi connectivity index (χ2v) is 9.56. The standard InChI is InChI=1S/C25H33N7O2/c1-16(2)25(3,33)21-15-31(9-8-26-21)24-22-17(13-29-32(22)10-11-34-4)12-20(30-24)19-14-28-23-18(19)6-5-7-27-23/h5-7,12-14,16,21,26,33H,8-11,15H2,1-4H3,(H,27,28)/t21-,25+/m1/s1. The predicted octanol–water partition coefficient (Wildman–Crippen LogP) is 2.81. The molecule has 0 bridgehead atoms. The summed E-state index contributed by atoms with van der Waals surface area (Å²) in [6.07, 6.45) is 5.65. The molecule has 0 aliphatic carbocycles. The molecule has 2 atom stereocenters. The number of nitrogens with zero attached hydrogens (tertiary/aromatic N) is 5. The quantitative estimate of drug-likeness (QED) is 0.387. The summed E-state index contributed by atoms with van der Waals surface area (Å²) in [5, 5.41) is 21.4. The first kappa shape index (κ1) is 22.8. The van der Waals surface area contributed by atoms with Crippen LogP contribution in [0, 0.1) is 5.92 Å². The van der Waals surface area contributed by atoms with Crippen LogP contribution >= 0.6 is 0 Å². The van der Waals surface area contributed by atoms with Crippen LogP contribution in [0.15, 0.2) is 36.8 Å². The monoisotopic (exact) mass is 463 g/mol. The number of hydrogen-bond donors (Lipinski definition) is 3. The Labute approximate surface area is 199 Å². The molecule has 0 unspecified atom stereocenters. The van der Waals surface area contributed by atoms with Crippen LogP contribution in [0.25, 0.3) is 33.2 Å². The van der Waals surface area contributed by atoms with E-state index in [4.69, 9.17) is 9.72 Å². The predicted molar refractivity (Wildman–Crippen MR) is 134 cm³/mol. The maximum atomic E-state index is 11.2. The van der Waals surface area contributed by atoms with Gasteiger partial charge in [0.25, 0.3) is 0 Å². The van der Waals surface area contributed by atoms with Gasteiger partial charge in [0, 0.05) is 55.5 Å². The lowest BCUT2D eigenvalue weighted by Crippen LogP contribution is -2.62. The Morgan fingerprint density at radius 2 is 2.21 bits per heavy atom.